The largest absolute Gasteiger partial charge is 0.389 e. The van der Waals surface area contributed by atoms with Crippen molar-refractivity contribution in [2.24, 2.45) is 5.73 Å². The molecular formula is C14H22N2S. The Balaban J connectivity index is 3.12. The van der Waals surface area contributed by atoms with Crippen LogP contribution < -0.4 is 11.1 Å². The van der Waals surface area contributed by atoms with E-state index in [1.54, 1.807) is 0 Å². The lowest BCUT2D eigenvalue weighted by atomic mass is 9.94. The summed E-state index contributed by atoms with van der Waals surface area (Å²) in [5.74, 6) is 0. The van der Waals surface area contributed by atoms with Crippen LogP contribution in [-0.4, -0.2) is 10.5 Å². The Labute approximate surface area is 110 Å². The molecular weight excluding hydrogens is 228 g/mol. The smallest absolute Gasteiger partial charge is 0.106 e. The van der Waals surface area contributed by atoms with Crippen molar-refractivity contribution < 1.29 is 0 Å². The first-order chi connectivity index (χ1) is 7.91. The fraction of sp³-hybridized carbons (Fsp3) is 0.500. The fourth-order valence-corrected chi connectivity index (χ4v) is 1.91. The van der Waals surface area contributed by atoms with E-state index in [-0.39, 0.29) is 5.54 Å². The molecule has 0 aliphatic heterocycles. The summed E-state index contributed by atoms with van der Waals surface area (Å²) in [6, 6.07) is 6.14. The minimum atomic E-state index is 0.0906. The first-order valence-electron chi connectivity index (χ1n) is 6.10. The van der Waals surface area contributed by atoms with E-state index >= 15 is 0 Å². The molecule has 0 aromatic heterocycles. The van der Waals surface area contributed by atoms with Crippen molar-refractivity contribution in [1.29, 1.82) is 0 Å². The highest BCUT2D eigenvalue weighted by Gasteiger charge is 2.20. The van der Waals surface area contributed by atoms with Gasteiger partial charge in [0.2, 0.25) is 0 Å². The van der Waals surface area contributed by atoms with Crippen LogP contribution in [0.25, 0.3) is 0 Å². The van der Waals surface area contributed by atoms with Gasteiger partial charge in [-0.05, 0) is 44.4 Å². The van der Waals surface area contributed by atoms with E-state index < -0.39 is 0 Å². The Hall–Kier alpha value is -1.09. The SMILES string of the molecule is CCC(C)(CC)Nc1cc(C)ccc1C(N)=S. The third-order valence-electron chi connectivity index (χ3n) is 3.44. The molecule has 1 aromatic rings. The number of aryl methyl sites for hydroxylation is 1. The molecule has 0 heterocycles. The van der Waals surface area contributed by atoms with Crippen molar-refractivity contribution in [3.63, 3.8) is 0 Å². The van der Waals surface area contributed by atoms with E-state index in [1.807, 2.05) is 12.1 Å². The van der Waals surface area contributed by atoms with Crippen LogP contribution in [-0.2, 0) is 0 Å². The van der Waals surface area contributed by atoms with Gasteiger partial charge in [0, 0.05) is 16.8 Å². The third kappa shape index (κ3) is 3.43. The lowest BCUT2D eigenvalue weighted by molar-refractivity contribution is 0.478. The zero-order chi connectivity index (χ0) is 13.1. The highest BCUT2D eigenvalue weighted by atomic mass is 32.1. The predicted molar refractivity (Wildman–Crippen MR) is 79.7 cm³/mol. The standard InChI is InChI=1S/C14H22N2S/c1-5-14(4,6-2)16-12-9-10(3)7-8-11(12)13(15)17/h7-9,16H,5-6H2,1-4H3,(H2,15,17). The van der Waals surface area contributed by atoms with Crippen molar-refractivity contribution in [2.45, 2.75) is 46.1 Å². The second kappa shape index (κ2) is 5.50. The maximum Gasteiger partial charge on any atom is 0.106 e. The van der Waals surface area contributed by atoms with Crippen LogP contribution in [0.5, 0.6) is 0 Å². The van der Waals surface area contributed by atoms with E-state index in [9.17, 15) is 0 Å². The van der Waals surface area contributed by atoms with Gasteiger partial charge in [0.15, 0.2) is 0 Å². The van der Waals surface area contributed by atoms with Crippen LogP contribution in [0, 0.1) is 6.92 Å². The van der Waals surface area contributed by atoms with Crippen LogP contribution in [0.1, 0.15) is 44.7 Å². The van der Waals surface area contributed by atoms with Gasteiger partial charge in [-0.2, -0.15) is 0 Å². The summed E-state index contributed by atoms with van der Waals surface area (Å²) < 4.78 is 0. The lowest BCUT2D eigenvalue weighted by Gasteiger charge is -2.30. The minimum absolute atomic E-state index is 0.0906. The number of benzene rings is 1. The summed E-state index contributed by atoms with van der Waals surface area (Å²) in [7, 11) is 0. The highest BCUT2D eigenvalue weighted by Crippen LogP contribution is 2.25. The molecule has 94 valence electrons. The van der Waals surface area contributed by atoms with E-state index in [2.05, 4.69) is 39.1 Å². The topological polar surface area (TPSA) is 38.0 Å². The van der Waals surface area contributed by atoms with Gasteiger partial charge in [-0.25, -0.2) is 0 Å². The molecule has 0 spiro atoms. The molecule has 3 N–H and O–H groups in total. The number of hydrogen-bond acceptors (Lipinski definition) is 2. The molecule has 0 radical (unpaired) electrons. The van der Waals surface area contributed by atoms with E-state index in [4.69, 9.17) is 18.0 Å². The molecule has 1 aromatic carbocycles. The van der Waals surface area contributed by atoms with Crippen molar-refractivity contribution in [3.8, 4) is 0 Å². The number of hydrogen-bond donors (Lipinski definition) is 2. The molecule has 17 heavy (non-hydrogen) atoms. The molecule has 0 aliphatic rings. The number of nitrogens with two attached hydrogens (primary N) is 1. The zero-order valence-corrected chi connectivity index (χ0v) is 11.9. The lowest BCUT2D eigenvalue weighted by Crippen LogP contribution is -2.34. The van der Waals surface area contributed by atoms with Gasteiger partial charge in [0.05, 0.1) is 0 Å². The Morgan fingerprint density at radius 1 is 1.35 bits per heavy atom. The summed E-state index contributed by atoms with van der Waals surface area (Å²) >= 11 is 5.09. The second-order valence-electron chi connectivity index (χ2n) is 4.81. The maximum atomic E-state index is 5.76. The molecule has 0 unspecified atom stereocenters. The first-order valence-corrected chi connectivity index (χ1v) is 6.51. The van der Waals surface area contributed by atoms with E-state index in [0.717, 1.165) is 24.1 Å². The number of thiocarbonyl (C=S) groups is 1. The third-order valence-corrected chi connectivity index (χ3v) is 3.66. The zero-order valence-electron chi connectivity index (χ0n) is 11.1. The van der Waals surface area contributed by atoms with Crippen LogP contribution in [0.4, 0.5) is 5.69 Å². The monoisotopic (exact) mass is 250 g/mol. The van der Waals surface area contributed by atoms with Crippen LogP contribution >= 0.6 is 12.2 Å². The Morgan fingerprint density at radius 3 is 2.41 bits per heavy atom. The average molecular weight is 250 g/mol. The van der Waals surface area contributed by atoms with Crippen molar-refractivity contribution >= 4 is 22.9 Å². The van der Waals surface area contributed by atoms with Crippen molar-refractivity contribution in [1.82, 2.24) is 0 Å². The predicted octanol–water partition coefficient (Wildman–Crippen LogP) is 3.62. The molecule has 0 bridgehead atoms. The fourth-order valence-electron chi connectivity index (χ4n) is 1.73. The van der Waals surface area contributed by atoms with Gasteiger partial charge in [-0.3, -0.25) is 0 Å². The Morgan fingerprint density at radius 2 is 1.94 bits per heavy atom. The number of rotatable bonds is 5. The molecule has 3 heteroatoms. The van der Waals surface area contributed by atoms with Gasteiger partial charge in [0.1, 0.15) is 4.99 Å². The quantitative estimate of drug-likeness (QED) is 0.784. The first kappa shape index (κ1) is 14.0. The minimum Gasteiger partial charge on any atom is -0.389 e. The summed E-state index contributed by atoms with van der Waals surface area (Å²) in [6.07, 6.45) is 2.13. The molecule has 2 nitrogen and oxygen atoms in total. The molecule has 0 fully saturated rings. The second-order valence-corrected chi connectivity index (χ2v) is 5.25. The van der Waals surface area contributed by atoms with Gasteiger partial charge in [-0.15, -0.1) is 0 Å². The maximum absolute atomic E-state index is 5.76. The highest BCUT2D eigenvalue weighted by molar-refractivity contribution is 7.80. The van der Waals surface area contributed by atoms with Gasteiger partial charge in [0.25, 0.3) is 0 Å². The molecule has 0 saturated carbocycles. The Kier molecular flexibility index (Phi) is 4.52. The van der Waals surface area contributed by atoms with Gasteiger partial charge >= 0.3 is 0 Å². The van der Waals surface area contributed by atoms with Crippen LogP contribution in [0.2, 0.25) is 0 Å². The van der Waals surface area contributed by atoms with Crippen molar-refractivity contribution in [2.75, 3.05) is 5.32 Å². The molecule has 0 saturated heterocycles. The molecule has 1 rings (SSSR count). The van der Waals surface area contributed by atoms with E-state index in [1.165, 1.54) is 5.56 Å². The summed E-state index contributed by atoms with van der Waals surface area (Å²) in [5.41, 5.74) is 9.03. The molecule has 0 amide bonds. The van der Waals surface area contributed by atoms with Gasteiger partial charge < -0.3 is 11.1 Å². The number of anilines is 1. The van der Waals surface area contributed by atoms with Crippen LogP contribution in [0.3, 0.4) is 0 Å². The normalized spacial score (nSPS) is 11.3. The summed E-state index contributed by atoms with van der Waals surface area (Å²) in [6.45, 7) is 8.67. The Bertz CT molecular complexity index is 409. The van der Waals surface area contributed by atoms with E-state index in [0.29, 0.717) is 4.99 Å². The average Bonchev–Trinajstić information content (AvgIpc) is 2.28. The van der Waals surface area contributed by atoms with Gasteiger partial charge in [-0.1, -0.05) is 32.1 Å². The molecule has 0 aliphatic carbocycles. The number of nitrogens with one attached hydrogen (secondary N) is 1. The summed E-state index contributed by atoms with van der Waals surface area (Å²) in [5, 5.41) is 3.58. The molecule has 0 atom stereocenters. The van der Waals surface area contributed by atoms with Crippen molar-refractivity contribution in [3.05, 3.63) is 29.3 Å². The van der Waals surface area contributed by atoms with Crippen LogP contribution in [0.15, 0.2) is 18.2 Å². The summed E-state index contributed by atoms with van der Waals surface area (Å²) in [4.78, 5) is 0.446.